The zero-order valence-electron chi connectivity index (χ0n) is 9.98. The normalized spacial score (nSPS) is 17.4. The highest BCUT2D eigenvalue weighted by molar-refractivity contribution is 5.82. The Morgan fingerprint density at radius 2 is 1.89 bits per heavy atom. The molecule has 0 radical (unpaired) electrons. The number of rotatable bonds is 1. The van der Waals surface area contributed by atoms with Gasteiger partial charge in [-0.3, -0.25) is 0 Å². The first kappa shape index (κ1) is 12.2. The predicted octanol–water partition coefficient (Wildman–Crippen LogP) is 2.54. The van der Waals surface area contributed by atoms with E-state index in [2.05, 4.69) is 15.0 Å². The number of nitrogens with two attached hydrogens (primary N) is 1. The fourth-order valence-corrected chi connectivity index (χ4v) is 2.63. The van der Waals surface area contributed by atoms with Crippen molar-refractivity contribution in [1.29, 1.82) is 0 Å². The van der Waals surface area contributed by atoms with Crippen molar-refractivity contribution in [3.8, 4) is 0 Å². The van der Waals surface area contributed by atoms with E-state index >= 15 is 0 Å². The monoisotopic (exact) mass is 271 g/mol. The van der Waals surface area contributed by atoms with Crippen LogP contribution in [0.5, 0.6) is 0 Å². The second kappa shape index (κ2) is 4.07. The summed E-state index contributed by atoms with van der Waals surface area (Å²) in [7, 11) is 0. The molecule has 0 aliphatic heterocycles. The molecular weight excluding hydrogens is 259 g/mol. The number of nitrogens with zero attached hydrogens (tertiary/aromatic N) is 4. The maximum Gasteiger partial charge on any atom is 0.449 e. The molecule has 1 aliphatic carbocycles. The zero-order chi connectivity index (χ0) is 13.6. The Labute approximate surface area is 106 Å². The minimum Gasteiger partial charge on any atom is -0.382 e. The number of anilines is 1. The lowest BCUT2D eigenvalue weighted by atomic mass is 10.2. The SMILES string of the molecule is Nc1ncnc2c1nc(C(F)(F)F)n2C1CCCC1. The summed E-state index contributed by atoms with van der Waals surface area (Å²) in [6, 6.07) is -0.212. The number of nitrogen functional groups attached to an aromatic ring is 1. The van der Waals surface area contributed by atoms with Crippen molar-refractivity contribution in [2.75, 3.05) is 5.73 Å². The maximum absolute atomic E-state index is 13.1. The fourth-order valence-electron chi connectivity index (χ4n) is 2.63. The third-order valence-corrected chi connectivity index (χ3v) is 3.45. The summed E-state index contributed by atoms with van der Waals surface area (Å²) < 4.78 is 40.5. The van der Waals surface area contributed by atoms with Crippen LogP contribution in [0.3, 0.4) is 0 Å². The molecule has 0 atom stereocenters. The third kappa shape index (κ3) is 1.91. The highest BCUT2D eigenvalue weighted by atomic mass is 19.4. The van der Waals surface area contributed by atoms with Crippen molar-refractivity contribution < 1.29 is 13.2 Å². The smallest absolute Gasteiger partial charge is 0.382 e. The number of halogens is 3. The Morgan fingerprint density at radius 1 is 1.21 bits per heavy atom. The summed E-state index contributed by atoms with van der Waals surface area (Å²) in [5.41, 5.74) is 5.79. The third-order valence-electron chi connectivity index (χ3n) is 3.45. The van der Waals surface area contributed by atoms with Crippen LogP contribution in [0.25, 0.3) is 11.2 Å². The fraction of sp³-hybridized carbons (Fsp3) is 0.545. The van der Waals surface area contributed by atoms with Gasteiger partial charge in [0.15, 0.2) is 17.0 Å². The Kier molecular flexibility index (Phi) is 2.61. The van der Waals surface area contributed by atoms with E-state index in [9.17, 15) is 13.2 Å². The predicted molar refractivity (Wildman–Crippen MR) is 62.2 cm³/mol. The first-order valence-electron chi connectivity index (χ1n) is 6.04. The van der Waals surface area contributed by atoms with Crippen LogP contribution >= 0.6 is 0 Å². The number of fused-ring (bicyclic) bond motifs is 1. The lowest BCUT2D eigenvalue weighted by Crippen LogP contribution is -2.18. The Balaban J connectivity index is 2.28. The molecule has 2 heterocycles. The molecular formula is C11H12F3N5. The van der Waals surface area contributed by atoms with Crippen molar-refractivity contribution in [2.45, 2.75) is 37.9 Å². The molecule has 2 aromatic rings. The standard InChI is InChI=1S/C11H12F3N5/c12-11(13,14)10-18-7-8(15)16-5-17-9(7)19(10)6-3-1-2-4-6/h5-6H,1-4H2,(H2,15,16,17). The van der Waals surface area contributed by atoms with Gasteiger partial charge in [0.2, 0.25) is 5.82 Å². The quantitative estimate of drug-likeness (QED) is 0.865. The van der Waals surface area contributed by atoms with Crippen LogP contribution in [0.4, 0.5) is 19.0 Å². The van der Waals surface area contributed by atoms with E-state index in [1.807, 2.05) is 0 Å². The highest BCUT2D eigenvalue weighted by Crippen LogP contribution is 2.39. The van der Waals surface area contributed by atoms with Gasteiger partial charge in [0.05, 0.1) is 0 Å². The van der Waals surface area contributed by atoms with E-state index < -0.39 is 12.0 Å². The summed E-state index contributed by atoms with van der Waals surface area (Å²) in [6.45, 7) is 0. The molecule has 0 unspecified atom stereocenters. The average molecular weight is 271 g/mol. The molecule has 2 N–H and O–H groups in total. The van der Waals surface area contributed by atoms with Gasteiger partial charge >= 0.3 is 6.18 Å². The minimum atomic E-state index is -4.52. The van der Waals surface area contributed by atoms with Crippen molar-refractivity contribution >= 4 is 17.0 Å². The van der Waals surface area contributed by atoms with Gasteiger partial charge in [-0.1, -0.05) is 12.8 Å². The molecule has 0 amide bonds. The first-order valence-corrected chi connectivity index (χ1v) is 6.04. The van der Waals surface area contributed by atoms with E-state index in [-0.39, 0.29) is 23.0 Å². The average Bonchev–Trinajstić information content (AvgIpc) is 2.93. The van der Waals surface area contributed by atoms with Gasteiger partial charge in [0.1, 0.15) is 6.33 Å². The summed E-state index contributed by atoms with van der Waals surface area (Å²) in [4.78, 5) is 11.2. The summed E-state index contributed by atoms with van der Waals surface area (Å²) in [5.74, 6) is -0.950. The lowest BCUT2D eigenvalue weighted by Gasteiger charge is -2.16. The number of aromatic nitrogens is 4. The van der Waals surface area contributed by atoms with Crippen LogP contribution in [-0.2, 0) is 6.18 Å². The molecule has 1 saturated carbocycles. The zero-order valence-corrected chi connectivity index (χ0v) is 9.98. The van der Waals surface area contributed by atoms with Gasteiger partial charge < -0.3 is 10.3 Å². The molecule has 102 valence electrons. The largest absolute Gasteiger partial charge is 0.449 e. The molecule has 5 nitrogen and oxygen atoms in total. The number of alkyl halides is 3. The van der Waals surface area contributed by atoms with Gasteiger partial charge in [-0.25, -0.2) is 15.0 Å². The number of imidazole rings is 1. The van der Waals surface area contributed by atoms with Gasteiger partial charge in [-0.15, -0.1) is 0 Å². The maximum atomic E-state index is 13.1. The van der Waals surface area contributed by atoms with Crippen LogP contribution in [0, 0.1) is 0 Å². The van der Waals surface area contributed by atoms with Crippen molar-refractivity contribution in [3.63, 3.8) is 0 Å². The van der Waals surface area contributed by atoms with Crippen molar-refractivity contribution in [3.05, 3.63) is 12.2 Å². The van der Waals surface area contributed by atoms with Gasteiger partial charge in [-0.2, -0.15) is 13.2 Å². The molecule has 19 heavy (non-hydrogen) atoms. The van der Waals surface area contributed by atoms with E-state index in [4.69, 9.17) is 5.73 Å². The van der Waals surface area contributed by atoms with Crippen LogP contribution < -0.4 is 5.73 Å². The molecule has 0 saturated heterocycles. The van der Waals surface area contributed by atoms with Crippen molar-refractivity contribution in [2.24, 2.45) is 0 Å². The number of hydrogen-bond donors (Lipinski definition) is 1. The van der Waals surface area contributed by atoms with Crippen LogP contribution in [0.15, 0.2) is 6.33 Å². The van der Waals surface area contributed by atoms with E-state index in [1.54, 1.807) is 0 Å². The van der Waals surface area contributed by atoms with Gasteiger partial charge in [-0.05, 0) is 12.8 Å². The topological polar surface area (TPSA) is 69.6 Å². The summed E-state index contributed by atoms with van der Waals surface area (Å²) >= 11 is 0. The Hall–Kier alpha value is -1.86. The molecule has 0 bridgehead atoms. The van der Waals surface area contributed by atoms with Gasteiger partial charge in [0, 0.05) is 6.04 Å². The molecule has 3 rings (SSSR count). The van der Waals surface area contributed by atoms with Crippen LogP contribution in [0.2, 0.25) is 0 Å². The van der Waals surface area contributed by atoms with Crippen molar-refractivity contribution in [1.82, 2.24) is 19.5 Å². The summed E-state index contributed by atoms with van der Waals surface area (Å²) in [6.07, 6.45) is -0.0953. The first-order chi connectivity index (χ1) is 8.98. The second-order valence-corrected chi connectivity index (χ2v) is 4.67. The molecule has 1 fully saturated rings. The second-order valence-electron chi connectivity index (χ2n) is 4.67. The Bertz CT molecular complexity index is 613. The minimum absolute atomic E-state index is 0.0211. The molecule has 8 heteroatoms. The summed E-state index contributed by atoms with van der Waals surface area (Å²) in [5, 5.41) is 0. The van der Waals surface area contributed by atoms with E-state index in [0.29, 0.717) is 12.8 Å². The van der Waals surface area contributed by atoms with E-state index in [0.717, 1.165) is 12.8 Å². The molecule has 0 aromatic carbocycles. The highest BCUT2D eigenvalue weighted by Gasteiger charge is 2.40. The Morgan fingerprint density at radius 3 is 2.53 bits per heavy atom. The van der Waals surface area contributed by atoms with Crippen LogP contribution in [-0.4, -0.2) is 19.5 Å². The van der Waals surface area contributed by atoms with Gasteiger partial charge in [0.25, 0.3) is 0 Å². The van der Waals surface area contributed by atoms with Crippen LogP contribution in [0.1, 0.15) is 37.5 Å². The molecule has 1 aliphatic rings. The van der Waals surface area contributed by atoms with E-state index in [1.165, 1.54) is 10.9 Å². The molecule has 0 spiro atoms. The lowest BCUT2D eigenvalue weighted by molar-refractivity contribution is -0.147. The molecule has 2 aromatic heterocycles. The number of hydrogen-bond acceptors (Lipinski definition) is 4.